The van der Waals surface area contributed by atoms with Crippen molar-refractivity contribution < 1.29 is 0 Å². The fraction of sp³-hybridized carbons (Fsp3) is 0.571. The smallest absolute Gasteiger partial charge is 0.226 e. The molecule has 0 aliphatic rings. The molecule has 2 aromatic heterocycles. The topological polar surface area (TPSA) is 41.1 Å². The minimum Gasteiger partial charge on any atom is -0.358 e. The van der Waals surface area contributed by atoms with Gasteiger partial charge in [0.05, 0.1) is 5.39 Å². The summed E-state index contributed by atoms with van der Waals surface area (Å²) in [4.78, 5) is 14.0. The van der Waals surface area contributed by atoms with Crippen molar-refractivity contribution >= 4 is 45.1 Å². The van der Waals surface area contributed by atoms with Gasteiger partial charge in [0.15, 0.2) is 0 Å². The number of hydrogen-bond donors (Lipinski definition) is 1. The highest BCUT2D eigenvalue weighted by atomic mass is 32.2. The van der Waals surface area contributed by atoms with Gasteiger partial charge < -0.3 is 10.2 Å². The van der Waals surface area contributed by atoms with E-state index >= 15 is 0 Å². The number of anilines is 2. The van der Waals surface area contributed by atoms with Crippen molar-refractivity contribution in [3.8, 4) is 0 Å². The maximum absolute atomic E-state index is 4.69. The minimum atomic E-state index is 0.732. The summed E-state index contributed by atoms with van der Waals surface area (Å²) in [6.07, 6.45) is 3.18. The van der Waals surface area contributed by atoms with Crippen LogP contribution in [0, 0.1) is 0 Å². The highest BCUT2D eigenvalue weighted by Gasteiger charge is 2.14. The van der Waals surface area contributed by atoms with Crippen LogP contribution in [-0.4, -0.2) is 42.1 Å². The number of rotatable bonds is 7. The Bertz CT molecular complexity index is 568. The third-order valence-electron chi connectivity index (χ3n) is 3.10. The third kappa shape index (κ3) is 3.35. The molecule has 2 heterocycles. The Balaban J connectivity index is 2.44. The van der Waals surface area contributed by atoms with Gasteiger partial charge in [-0.1, -0.05) is 6.92 Å². The number of aromatic nitrogens is 2. The molecule has 2 rings (SSSR count). The molecular formula is C14H22N4S2. The van der Waals surface area contributed by atoms with Gasteiger partial charge in [-0.25, -0.2) is 4.98 Å². The molecule has 6 heteroatoms. The van der Waals surface area contributed by atoms with Crippen LogP contribution >= 0.6 is 23.1 Å². The molecule has 2 aromatic rings. The highest BCUT2D eigenvalue weighted by molar-refractivity contribution is 7.98. The lowest BCUT2D eigenvalue weighted by Gasteiger charge is -2.19. The van der Waals surface area contributed by atoms with Crippen molar-refractivity contribution in [3.05, 3.63) is 10.9 Å². The van der Waals surface area contributed by atoms with Gasteiger partial charge in [-0.05, 0) is 25.7 Å². The zero-order valence-electron chi connectivity index (χ0n) is 12.6. The number of fused-ring (bicyclic) bond motifs is 1. The first-order chi connectivity index (χ1) is 9.69. The molecule has 110 valence electrons. The van der Waals surface area contributed by atoms with Crippen LogP contribution in [0.1, 0.15) is 18.7 Å². The van der Waals surface area contributed by atoms with E-state index in [1.165, 1.54) is 10.3 Å². The molecular weight excluding hydrogens is 288 g/mol. The first kappa shape index (κ1) is 15.4. The monoisotopic (exact) mass is 310 g/mol. The zero-order chi connectivity index (χ0) is 14.5. The van der Waals surface area contributed by atoms with Gasteiger partial charge in [0.25, 0.3) is 0 Å². The van der Waals surface area contributed by atoms with Gasteiger partial charge >= 0.3 is 0 Å². The fourth-order valence-corrected chi connectivity index (χ4v) is 3.41. The largest absolute Gasteiger partial charge is 0.358 e. The first-order valence-electron chi connectivity index (χ1n) is 6.94. The molecule has 0 spiro atoms. The van der Waals surface area contributed by atoms with Crippen molar-refractivity contribution in [2.45, 2.75) is 20.3 Å². The summed E-state index contributed by atoms with van der Waals surface area (Å²) in [5.41, 5.74) is 0. The maximum atomic E-state index is 4.69. The van der Waals surface area contributed by atoms with Crippen LogP contribution < -0.4 is 10.2 Å². The summed E-state index contributed by atoms with van der Waals surface area (Å²) in [7, 11) is 2.11. The van der Waals surface area contributed by atoms with Gasteiger partial charge in [-0.3, -0.25) is 0 Å². The zero-order valence-corrected chi connectivity index (χ0v) is 14.2. The van der Waals surface area contributed by atoms with E-state index in [2.05, 4.69) is 48.4 Å². The standard InChI is InChI=1S/C14H22N4S2/c1-5-10-9-11-12(18(3)7-8-19-4)16-14(15-6-2)17-13(11)20-10/h9H,5-8H2,1-4H3,(H,15,16,17). The molecule has 1 N–H and O–H groups in total. The average Bonchev–Trinajstić information content (AvgIpc) is 2.87. The Hall–Kier alpha value is -1.01. The minimum absolute atomic E-state index is 0.732. The van der Waals surface area contributed by atoms with Gasteiger partial charge in [-0.15, -0.1) is 11.3 Å². The first-order valence-corrected chi connectivity index (χ1v) is 9.15. The number of hydrogen-bond acceptors (Lipinski definition) is 6. The Labute approximate surface area is 129 Å². The van der Waals surface area contributed by atoms with Crippen molar-refractivity contribution in [1.82, 2.24) is 9.97 Å². The van der Waals surface area contributed by atoms with Crippen LogP contribution in [0.5, 0.6) is 0 Å². The van der Waals surface area contributed by atoms with E-state index in [0.29, 0.717) is 0 Å². The molecule has 4 nitrogen and oxygen atoms in total. The predicted molar refractivity (Wildman–Crippen MR) is 92.6 cm³/mol. The Morgan fingerprint density at radius 3 is 2.80 bits per heavy atom. The second kappa shape index (κ2) is 7.13. The summed E-state index contributed by atoms with van der Waals surface area (Å²) >= 11 is 3.63. The molecule has 0 radical (unpaired) electrons. The molecule has 0 unspecified atom stereocenters. The average molecular weight is 310 g/mol. The third-order valence-corrected chi connectivity index (χ3v) is 4.86. The van der Waals surface area contributed by atoms with Crippen LogP contribution in [0.15, 0.2) is 6.07 Å². The Morgan fingerprint density at radius 2 is 2.15 bits per heavy atom. The lowest BCUT2D eigenvalue weighted by molar-refractivity contribution is 0.947. The summed E-state index contributed by atoms with van der Waals surface area (Å²) < 4.78 is 0. The van der Waals surface area contributed by atoms with Crippen LogP contribution in [0.2, 0.25) is 0 Å². The second-order valence-electron chi connectivity index (χ2n) is 4.60. The van der Waals surface area contributed by atoms with E-state index < -0.39 is 0 Å². The van der Waals surface area contributed by atoms with E-state index in [4.69, 9.17) is 4.98 Å². The lowest BCUT2D eigenvalue weighted by Crippen LogP contribution is -2.22. The summed E-state index contributed by atoms with van der Waals surface area (Å²) in [6.45, 7) is 6.08. The Morgan fingerprint density at radius 1 is 1.35 bits per heavy atom. The van der Waals surface area contributed by atoms with Gasteiger partial charge in [0.2, 0.25) is 5.95 Å². The quantitative estimate of drug-likeness (QED) is 0.848. The number of nitrogens with one attached hydrogen (secondary N) is 1. The van der Waals surface area contributed by atoms with Gasteiger partial charge in [0, 0.05) is 30.8 Å². The van der Waals surface area contributed by atoms with Crippen LogP contribution in [-0.2, 0) is 6.42 Å². The van der Waals surface area contributed by atoms with E-state index in [0.717, 1.165) is 41.9 Å². The molecule has 0 atom stereocenters. The molecule has 20 heavy (non-hydrogen) atoms. The SMILES string of the molecule is CCNc1nc(N(C)CCSC)c2cc(CC)sc2n1. The molecule has 0 aliphatic heterocycles. The van der Waals surface area contributed by atoms with E-state index in [9.17, 15) is 0 Å². The van der Waals surface area contributed by atoms with E-state index in [1.807, 2.05) is 11.8 Å². The van der Waals surface area contributed by atoms with Crippen molar-refractivity contribution in [1.29, 1.82) is 0 Å². The van der Waals surface area contributed by atoms with E-state index in [1.54, 1.807) is 11.3 Å². The molecule has 0 amide bonds. The van der Waals surface area contributed by atoms with E-state index in [-0.39, 0.29) is 0 Å². The van der Waals surface area contributed by atoms with Crippen LogP contribution in [0.4, 0.5) is 11.8 Å². The lowest BCUT2D eigenvalue weighted by atomic mass is 10.3. The predicted octanol–water partition coefficient (Wildman–Crippen LogP) is 3.48. The highest BCUT2D eigenvalue weighted by Crippen LogP contribution is 2.32. The summed E-state index contributed by atoms with van der Waals surface area (Å²) in [6, 6.07) is 2.24. The second-order valence-corrected chi connectivity index (χ2v) is 6.70. The van der Waals surface area contributed by atoms with Crippen molar-refractivity contribution in [2.75, 3.05) is 42.4 Å². The molecule has 0 aliphatic carbocycles. The van der Waals surface area contributed by atoms with Gasteiger partial charge in [-0.2, -0.15) is 16.7 Å². The number of nitrogens with zero attached hydrogens (tertiary/aromatic N) is 3. The normalized spacial score (nSPS) is 11.0. The Kier molecular flexibility index (Phi) is 5.48. The molecule has 0 aromatic carbocycles. The molecule has 0 saturated carbocycles. The fourth-order valence-electron chi connectivity index (χ4n) is 1.99. The van der Waals surface area contributed by atoms with Crippen molar-refractivity contribution in [2.24, 2.45) is 0 Å². The number of thiophene rings is 1. The van der Waals surface area contributed by atoms with Crippen molar-refractivity contribution in [3.63, 3.8) is 0 Å². The summed E-state index contributed by atoms with van der Waals surface area (Å²) in [5, 5.41) is 4.41. The van der Waals surface area contributed by atoms with Crippen LogP contribution in [0.25, 0.3) is 10.2 Å². The molecule has 0 bridgehead atoms. The maximum Gasteiger partial charge on any atom is 0.226 e. The molecule has 0 saturated heterocycles. The number of thioether (sulfide) groups is 1. The van der Waals surface area contributed by atoms with Gasteiger partial charge in [0.1, 0.15) is 10.6 Å². The summed E-state index contributed by atoms with van der Waals surface area (Å²) in [5.74, 6) is 2.87. The molecule has 0 fully saturated rings. The number of aryl methyl sites for hydroxylation is 1. The van der Waals surface area contributed by atoms with Crippen LogP contribution in [0.3, 0.4) is 0 Å².